The average molecular weight is 560 g/mol. The van der Waals surface area contributed by atoms with Crippen molar-refractivity contribution in [3.63, 3.8) is 0 Å². The van der Waals surface area contributed by atoms with E-state index in [1.54, 1.807) is 23.2 Å². The summed E-state index contributed by atoms with van der Waals surface area (Å²) in [5, 5.41) is 0. The van der Waals surface area contributed by atoms with Crippen LogP contribution in [0.5, 0.6) is 0 Å². The molecule has 1 fully saturated rings. The van der Waals surface area contributed by atoms with E-state index >= 15 is 0 Å². The number of rotatable bonds is 3. The van der Waals surface area contributed by atoms with Crippen molar-refractivity contribution in [1.82, 2.24) is 19.9 Å². The first kappa shape index (κ1) is 26.1. The summed E-state index contributed by atoms with van der Waals surface area (Å²) < 4.78 is 14.5. The number of benzene rings is 3. The number of pyridine rings is 1. The SMILES string of the molecule is Cc1cc(C(=O)N2CCC3(CC2)CN(C(=O)c2ccc(-c4nc5ccccc5[nH]4)cc2)c2ccc(F)cc23)cnc1C. The number of aryl methyl sites for hydroxylation is 2. The third kappa shape index (κ3) is 4.34. The molecule has 2 amide bonds. The molecule has 8 heteroatoms. The van der Waals surface area contributed by atoms with Crippen LogP contribution in [0.2, 0.25) is 0 Å². The molecule has 3 aromatic carbocycles. The Kier molecular flexibility index (Phi) is 6.15. The van der Waals surface area contributed by atoms with E-state index in [0.717, 1.165) is 44.9 Å². The zero-order valence-electron chi connectivity index (χ0n) is 23.5. The molecule has 1 N–H and O–H groups in total. The van der Waals surface area contributed by atoms with Crippen LogP contribution >= 0.6 is 0 Å². The minimum Gasteiger partial charge on any atom is -0.339 e. The molecule has 0 atom stereocenters. The fourth-order valence-electron chi connectivity index (χ4n) is 6.35. The lowest BCUT2D eigenvalue weighted by Gasteiger charge is -2.40. The number of imidazole rings is 1. The molecule has 4 heterocycles. The molecule has 0 saturated carbocycles. The number of aromatic amines is 1. The number of piperidine rings is 1. The standard InChI is InChI=1S/C34H30FN5O2/c1-21-17-25(19-36-22(21)2)32(41)39-15-13-34(14-16-39)20-40(30-12-11-26(35)18-27(30)34)33(42)24-9-7-23(8-10-24)31-37-28-5-3-4-6-29(28)38-31/h3-12,17-19H,13-16,20H2,1-2H3,(H,37,38). The Morgan fingerprint density at radius 2 is 1.67 bits per heavy atom. The first-order valence-corrected chi connectivity index (χ1v) is 14.2. The van der Waals surface area contributed by atoms with Crippen molar-refractivity contribution in [3.05, 3.63) is 113 Å². The number of hydrogen-bond donors (Lipinski definition) is 1. The summed E-state index contributed by atoms with van der Waals surface area (Å²) in [5.74, 6) is 0.248. The van der Waals surface area contributed by atoms with Crippen molar-refractivity contribution >= 4 is 28.5 Å². The van der Waals surface area contributed by atoms with Crippen LogP contribution in [-0.2, 0) is 5.41 Å². The minimum absolute atomic E-state index is 0.0459. The van der Waals surface area contributed by atoms with E-state index in [9.17, 15) is 14.0 Å². The van der Waals surface area contributed by atoms with Gasteiger partial charge in [0.1, 0.15) is 11.6 Å². The quantitative estimate of drug-likeness (QED) is 0.285. The number of carbonyl (C=O) groups excluding carboxylic acids is 2. The van der Waals surface area contributed by atoms with E-state index in [4.69, 9.17) is 0 Å². The van der Waals surface area contributed by atoms with Gasteiger partial charge in [0, 0.05) is 53.8 Å². The molecular formula is C34H30FN5O2. The van der Waals surface area contributed by atoms with E-state index < -0.39 is 5.41 Å². The van der Waals surface area contributed by atoms with Gasteiger partial charge in [-0.15, -0.1) is 0 Å². The maximum Gasteiger partial charge on any atom is 0.258 e. The van der Waals surface area contributed by atoms with Gasteiger partial charge in [-0.05, 0) is 86.3 Å². The number of hydrogen-bond acceptors (Lipinski definition) is 4. The van der Waals surface area contributed by atoms with Crippen molar-refractivity contribution in [2.75, 3.05) is 24.5 Å². The molecule has 42 heavy (non-hydrogen) atoms. The normalized spacial score (nSPS) is 15.8. The van der Waals surface area contributed by atoms with Crippen LogP contribution in [0.15, 0.2) is 79.0 Å². The van der Waals surface area contributed by atoms with Crippen molar-refractivity contribution in [2.45, 2.75) is 32.1 Å². The highest BCUT2D eigenvalue weighted by Crippen LogP contribution is 2.48. The maximum absolute atomic E-state index is 14.5. The van der Waals surface area contributed by atoms with Gasteiger partial charge in [0.2, 0.25) is 0 Å². The number of H-pyrrole nitrogens is 1. The van der Waals surface area contributed by atoms with Gasteiger partial charge < -0.3 is 14.8 Å². The largest absolute Gasteiger partial charge is 0.339 e. The molecule has 2 aromatic heterocycles. The van der Waals surface area contributed by atoms with Crippen LogP contribution in [0.4, 0.5) is 10.1 Å². The summed E-state index contributed by atoms with van der Waals surface area (Å²) in [6.07, 6.45) is 2.92. The van der Waals surface area contributed by atoms with Crippen LogP contribution in [0, 0.1) is 19.7 Å². The Balaban J connectivity index is 1.12. The summed E-state index contributed by atoms with van der Waals surface area (Å²) in [6.45, 7) is 5.37. The van der Waals surface area contributed by atoms with Gasteiger partial charge in [0.15, 0.2) is 0 Å². The number of halogens is 1. The molecule has 7 nitrogen and oxygen atoms in total. The Labute approximate surface area is 243 Å². The first-order valence-electron chi connectivity index (χ1n) is 14.2. The molecule has 0 unspecified atom stereocenters. The zero-order chi connectivity index (χ0) is 29.0. The summed E-state index contributed by atoms with van der Waals surface area (Å²) in [6, 6.07) is 21.8. The fraction of sp³-hybridized carbons (Fsp3) is 0.235. The predicted molar refractivity (Wildman–Crippen MR) is 160 cm³/mol. The molecule has 1 saturated heterocycles. The topological polar surface area (TPSA) is 82.2 Å². The lowest BCUT2D eigenvalue weighted by atomic mass is 9.74. The van der Waals surface area contributed by atoms with E-state index in [1.165, 1.54) is 6.07 Å². The van der Waals surface area contributed by atoms with Gasteiger partial charge in [-0.1, -0.05) is 24.3 Å². The van der Waals surface area contributed by atoms with Gasteiger partial charge >= 0.3 is 0 Å². The zero-order valence-corrected chi connectivity index (χ0v) is 23.5. The molecule has 2 aliphatic rings. The second-order valence-electron chi connectivity index (χ2n) is 11.4. The Bertz CT molecular complexity index is 1820. The molecule has 1 spiro atoms. The number of carbonyl (C=O) groups is 2. The third-order valence-corrected chi connectivity index (χ3v) is 8.92. The van der Waals surface area contributed by atoms with Gasteiger partial charge in [0.05, 0.1) is 16.6 Å². The molecule has 5 aromatic rings. The molecular weight excluding hydrogens is 529 g/mol. The molecule has 0 radical (unpaired) electrons. The van der Waals surface area contributed by atoms with E-state index in [-0.39, 0.29) is 17.6 Å². The van der Waals surface area contributed by atoms with Gasteiger partial charge in [-0.2, -0.15) is 0 Å². The van der Waals surface area contributed by atoms with E-state index in [0.29, 0.717) is 43.6 Å². The monoisotopic (exact) mass is 559 g/mol. The lowest BCUT2D eigenvalue weighted by Crippen LogP contribution is -2.48. The van der Waals surface area contributed by atoms with Crippen molar-refractivity contribution in [3.8, 4) is 11.4 Å². The maximum atomic E-state index is 14.5. The Morgan fingerprint density at radius 1 is 0.905 bits per heavy atom. The predicted octanol–water partition coefficient (Wildman–Crippen LogP) is 6.22. The van der Waals surface area contributed by atoms with Crippen molar-refractivity contribution in [1.29, 1.82) is 0 Å². The first-order chi connectivity index (χ1) is 20.3. The second-order valence-corrected chi connectivity index (χ2v) is 11.4. The molecule has 210 valence electrons. The number of amides is 2. The number of anilines is 1. The summed E-state index contributed by atoms with van der Waals surface area (Å²) >= 11 is 0. The van der Waals surface area contributed by atoms with Crippen molar-refractivity contribution < 1.29 is 14.0 Å². The van der Waals surface area contributed by atoms with Crippen molar-refractivity contribution in [2.24, 2.45) is 0 Å². The molecule has 0 aliphatic carbocycles. The second kappa shape index (κ2) is 9.91. The van der Waals surface area contributed by atoms with Crippen LogP contribution in [0.1, 0.15) is 50.4 Å². The van der Waals surface area contributed by atoms with Gasteiger partial charge in [0.25, 0.3) is 11.8 Å². The number of fused-ring (bicyclic) bond motifs is 3. The molecule has 0 bridgehead atoms. The summed E-state index contributed by atoms with van der Waals surface area (Å²) in [5.41, 5.74) is 6.91. The number of nitrogens with one attached hydrogen (secondary N) is 1. The molecule has 2 aliphatic heterocycles. The third-order valence-electron chi connectivity index (χ3n) is 8.92. The van der Waals surface area contributed by atoms with E-state index in [2.05, 4.69) is 15.0 Å². The number of likely N-dealkylation sites (tertiary alicyclic amines) is 1. The highest BCUT2D eigenvalue weighted by Gasteiger charge is 2.47. The molecule has 7 rings (SSSR count). The summed E-state index contributed by atoms with van der Waals surface area (Å²) in [4.78, 5) is 43.1. The fourth-order valence-corrected chi connectivity index (χ4v) is 6.35. The van der Waals surface area contributed by atoms with Gasteiger partial charge in [-0.25, -0.2) is 9.37 Å². The lowest BCUT2D eigenvalue weighted by molar-refractivity contribution is 0.0670. The minimum atomic E-state index is -0.417. The smallest absolute Gasteiger partial charge is 0.258 e. The van der Waals surface area contributed by atoms with Crippen LogP contribution in [0.25, 0.3) is 22.4 Å². The number of nitrogens with zero attached hydrogens (tertiary/aromatic N) is 4. The van der Waals surface area contributed by atoms with Crippen LogP contribution < -0.4 is 4.90 Å². The Morgan fingerprint density at radius 3 is 2.40 bits per heavy atom. The highest BCUT2D eigenvalue weighted by atomic mass is 19.1. The summed E-state index contributed by atoms with van der Waals surface area (Å²) in [7, 11) is 0. The van der Waals surface area contributed by atoms with Crippen LogP contribution in [0.3, 0.4) is 0 Å². The number of para-hydroxylation sites is 2. The number of aromatic nitrogens is 3. The average Bonchev–Trinajstić information content (AvgIpc) is 3.58. The Hall–Kier alpha value is -4.85. The van der Waals surface area contributed by atoms with Gasteiger partial charge in [-0.3, -0.25) is 14.6 Å². The van der Waals surface area contributed by atoms with E-state index in [1.807, 2.05) is 73.3 Å². The van der Waals surface area contributed by atoms with Crippen LogP contribution in [-0.4, -0.2) is 51.3 Å². The highest BCUT2D eigenvalue weighted by molar-refractivity contribution is 6.08.